The highest BCUT2D eigenvalue weighted by molar-refractivity contribution is 6.00. The van der Waals surface area contributed by atoms with E-state index in [1.54, 1.807) is 12.0 Å². The van der Waals surface area contributed by atoms with Gasteiger partial charge in [-0.3, -0.25) is 19.3 Å². The Hall–Kier alpha value is -3.10. The SMILES string of the molecule is COc1ccc(CNC(=O)CN2C(=O)N(CCCCC(=O)NCC(C)C)C(=O)C3CCCCC32)cc1. The van der Waals surface area contributed by atoms with Crippen LogP contribution in [0.15, 0.2) is 24.3 Å². The van der Waals surface area contributed by atoms with Crippen LogP contribution in [0.5, 0.6) is 5.75 Å². The number of methoxy groups -OCH3 is 1. The van der Waals surface area contributed by atoms with Crippen LogP contribution in [0.1, 0.15) is 64.4 Å². The van der Waals surface area contributed by atoms with E-state index in [4.69, 9.17) is 4.74 Å². The fourth-order valence-corrected chi connectivity index (χ4v) is 4.87. The number of amides is 5. The Bertz CT molecular complexity index is 917. The number of hydrogen-bond donors (Lipinski definition) is 2. The van der Waals surface area contributed by atoms with Crippen LogP contribution in [0, 0.1) is 11.8 Å². The molecule has 1 aliphatic carbocycles. The fraction of sp³-hybridized carbons (Fsp3) is 0.630. The van der Waals surface area contributed by atoms with Crippen molar-refractivity contribution in [3.8, 4) is 5.75 Å². The van der Waals surface area contributed by atoms with Gasteiger partial charge in [0.1, 0.15) is 12.3 Å². The maximum atomic E-state index is 13.3. The van der Waals surface area contributed by atoms with E-state index in [9.17, 15) is 19.2 Å². The molecule has 0 aromatic heterocycles. The lowest BCUT2D eigenvalue weighted by Crippen LogP contribution is -2.63. The van der Waals surface area contributed by atoms with Crippen LogP contribution in [0.25, 0.3) is 0 Å². The Labute approximate surface area is 213 Å². The number of carbonyl (C=O) groups is 4. The molecule has 0 spiro atoms. The van der Waals surface area contributed by atoms with Gasteiger partial charge in [-0.1, -0.05) is 38.8 Å². The van der Waals surface area contributed by atoms with Crippen molar-refractivity contribution >= 4 is 23.8 Å². The number of benzene rings is 1. The van der Waals surface area contributed by atoms with E-state index < -0.39 is 6.03 Å². The summed E-state index contributed by atoms with van der Waals surface area (Å²) in [6.07, 6.45) is 4.87. The van der Waals surface area contributed by atoms with E-state index in [0.717, 1.165) is 37.0 Å². The molecule has 1 saturated heterocycles. The van der Waals surface area contributed by atoms with E-state index in [1.165, 1.54) is 4.90 Å². The van der Waals surface area contributed by atoms with Crippen LogP contribution in [0.3, 0.4) is 0 Å². The van der Waals surface area contributed by atoms with E-state index in [0.29, 0.717) is 38.3 Å². The lowest BCUT2D eigenvalue weighted by atomic mass is 9.81. The van der Waals surface area contributed by atoms with E-state index in [2.05, 4.69) is 10.6 Å². The standard InChI is InChI=1S/C27H40N4O5/c1-19(2)16-28-24(32)10-6-7-15-30-26(34)22-8-4-5-9-23(22)31(27(30)35)18-25(33)29-17-20-11-13-21(36-3)14-12-20/h11-14,19,22-23H,4-10,15-18H2,1-3H3,(H,28,32)(H,29,33). The molecule has 2 unspecified atom stereocenters. The molecule has 2 fully saturated rings. The molecule has 5 amide bonds. The Morgan fingerprint density at radius 3 is 2.44 bits per heavy atom. The lowest BCUT2D eigenvalue weighted by molar-refractivity contribution is -0.142. The maximum absolute atomic E-state index is 13.3. The molecule has 1 aliphatic heterocycles. The van der Waals surface area contributed by atoms with Crippen LogP contribution < -0.4 is 15.4 Å². The predicted octanol–water partition coefficient (Wildman–Crippen LogP) is 3.08. The predicted molar refractivity (Wildman–Crippen MR) is 136 cm³/mol. The van der Waals surface area contributed by atoms with Crippen molar-refractivity contribution in [3.63, 3.8) is 0 Å². The third-order valence-electron chi connectivity index (χ3n) is 6.90. The van der Waals surface area contributed by atoms with Gasteiger partial charge >= 0.3 is 6.03 Å². The van der Waals surface area contributed by atoms with Crippen molar-refractivity contribution in [1.82, 2.24) is 20.4 Å². The summed E-state index contributed by atoms with van der Waals surface area (Å²) in [6, 6.07) is 6.80. The van der Waals surface area contributed by atoms with Crippen molar-refractivity contribution in [3.05, 3.63) is 29.8 Å². The molecular formula is C27H40N4O5. The van der Waals surface area contributed by atoms with E-state index in [1.807, 2.05) is 38.1 Å². The summed E-state index contributed by atoms with van der Waals surface area (Å²) >= 11 is 0. The number of carbonyl (C=O) groups excluding carboxylic acids is 4. The number of nitrogens with one attached hydrogen (secondary N) is 2. The molecule has 2 N–H and O–H groups in total. The number of fused-ring (bicyclic) bond motifs is 1. The first-order valence-electron chi connectivity index (χ1n) is 13.1. The Morgan fingerprint density at radius 1 is 1.03 bits per heavy atom. The second kappa shape index (κ2) is 13.3. The third kappa shape index (κ3) is 7.45. The molecule has 1 heterocycles. The van der Waals surface area contributed by atoms with E-state index >= 15 is 0 Å². The summed E-state index contributed by atoms with van der Waals surface area (Å²) in [6.45, 7) is 5.26. The van der Waals surface area contributed by atoms with Gasteiger partial charge in [0.05, 0.1) is 13.0 Å². The average molecular weight is 501 g/mol. The van der Waals surface area contributed by atoms with Crippen molar-refractivity contribution in [2.75, 3.05) is 26.7 Å². The Kier molecular flexibility index (Phi) is 10.1. The fourth-order valence-electron chi connectivity index (χ4n) is 4.87. The van der Waals surface area contributed by atoms with Crippen LogP contribution in [0.2, 0.25) is 0 Å². The Balaban J connectivity index is 1.56. The summed E-state index contributed by atoms with van der Waals surface area (Å²) in [7, 11) is 1.60. The first-order chi connectivity index (χ1) is 17.3. The van der Waals surface area contributed by atoms with Crippen LogP contribution >= 0.6 is 0 Å². The molecule has 198 valence electrons. The highest BCUT2D eigenvalue weighted by atomic mass is 16.5. The molecule has 0 bridgehead atoms. The monoisotopic (exact) mass is 500 g/mol. The zero-order valence-corrected chi connectivity index (χ0v) is 21.8. The normalized spacial score (nSPS) is 19.8. The zero-order chi connectivity index (χ0) is 26.1. The van der Waals surface area contributed by atoms with Gasteiger partial charge in [-0.2, -0.15) is 0 Å². The second-order valence-electron chi connectivity index (χ2n) is 10.1. The number of urea groups is 1. The molecular weight excluding hydrogens is 460 g/mol. The van der Waals surface area contributed by atoms with Gasteiger partial charge in [0.15, 0.2) is 0 Å². The van der Waals surface area contributed by atoms with Crippen LogP contribution in [0.4, 0.5) is 4.79 Å². The smallest absolute Gasteiger partial charge is 0.327 e. The largest absolute Gasteiger partial charge is 0.497 e. The summed E-state index contributed by atoms with van der Waals surface area (Å²) in [5.41, 5.74) is 0.930. The molecule has 2 aliphatic rings. The molecule has 1 aromatic carbocycles. The zero-order valence-electron chi connectivity index (χ0n) is 21.8. The van der Waals surface area contributed by atoms with Gasteiger partial charge < -0.3 is 20.3 Å². The molecule has 3 rings (SSSR count). The molecule has 1 saturated carbocycles. The van der Waals surface area contributed by atoms with Crippen LogP contribution in [-0.2, 0) is 20.9 Å². The molecule has 9 nitrogen and oxygen atoms in total. The number of ether oxygens (including phenoxy) is 1. The minimum Gasteiger partial charge on any atom is -0.497 e. The van der Waals surface area contributed by atoms with Gasteiger partial charge in [0, 0.05) is 32.1 Å². The molecule has 9 heteroatoms. The summed E-state index contributed by atoms with van der Waals surface area (Å²) in [5.74, 6) is 0.472. The summed E-state index contributed by atoms with van der Waals surface area (Å²) in [5, 5.41) is 5.78. The highest BCUT2D eigenvalue weighted by Gasteiger charge is 2.47. The van der Waals surface area contributed by atoms with Crippen molar-refractivity contribution in [2.24, 2.45) is 11.8 Å². The minimum absolute atomic E-state index is 0.0116. The van der Waals surface area contributed by atoms with Gasteiger partial charge in [-0.15, -0.1) is 0 Å². The van der Waals surface area contributed by atoms with Crippen molar-refractivity contribution in [2.45, 2.75) is 71.4 Å². The molecule has 36 heavy (non-hydrogen) atoms. The number of rotatable bonds is 12. The second-order valence-corrected chi connectivity index (χ2v) is 10.1. The quantitative estimate of drug-likeness (QED) is 0.429. The number of nitrogens with zero attached hydrogens (tertiary/aromatic N) is 2. The third-order valence-corrected chi connectivity index (χ3v) is 6.90. The summed E-state index contributed by atoms with van der Waals surface area (Å²) < 4.78 is 5.16. The average Bonchev–Trinajstić information content (AvgIpc) is 2.88. The molecule has 0 radical (unpaired) electrons. The first-order valence-corrected chi connectivity index (χ1v) is 13.1. The van der Waals surface area contributed by atoms with Crippen molar-refractivity contribution < 1.29 is 23.9 Å². The molecule has 2 atom stereocenters. The van der Waals surface area contributed by atoms with Gasteiger partial charge in [0.2, 0.25) is 17.7 Å². The van der Waals surface area contributed by atoms with Crippen LogP contribution in [-0.4, -0.2) is 66.3 Å². The summed E-state index contributed by atoms with van der Waals surface area (Å²) in [4.78, 5) is 54.1. The lowest BCUT2D eigenvalue weighted by Gasteiger charge is -2.46. The molecule has 1 aromatic rings. The number of unbranched alkanes of at least 4 members (excludes halogenated alkanes) is 1. The van der Waals surface area contributed by atoms with Gasteiger partial charge in [-0.25, -0.2) is 4.79 Å². The number of hydrogen-bond acceptors (Lipinski definition) is 5. The maximum Gasteiger partial charge on any atom is 0.327 e. The highest BCUT2D eigenvalue weighted by Crippen LogP contribution is 2.34. The van der Waals surface area contributed by atoms with Gasteiger partial charge in [-0.05, 0) is 49.3 Å². The minimum atomic E-state index is -0.396. The first kappa shape index (κ1) is 27.5. The number of imide groups is 1. The topological polar surface area (TPSA) is 108 Å². The van der Waals surface area contributed by atoms with Gasteiger partial charge in [0.25, 0.3) is 0 Å². The van der Waals surface area contributed by atoms with Crippen molar-refractivity contribution in [1.29, 1.82) is 0 Å². The Morgan fingerprint density at radius 2 is 1.75 bits per heavy atom. The van der Waals surface area contributed by atoms with E-state index in [-0.39, 0.29) is 42.8 Å².